The van der Waals surface area contributed by atoms with E-state index < -0.39 is 0 Å². The van der Waals surface area contributed by atoms with Crippen LogP contribution in [0.25, 0.3) is 0 Å². The second-order valence-electron chi connectivity index (χ2n) is 5.13. The highest BCUT2D eigenvalue weighted by Crippen LogP contribution is 2.44. The molecule has 2 unspecified atom stereocenters. The summed E-state index contributed by atoms with van der Waals surface area (Å²) in [6, 6.07) is 4.80. The number of pyridine rings is 1. The van der Waals surface area contributed by atoms with Gasteiger partial charge < -0.3 is 5.32 Å². The lowest BCUT2D eigenvalue weighted by atomic mass is 9.87. The predicted octanol–water partition coefficient (Wildman–Crippen LogP) is 2.95. The second kappa shape index (κ2) is 4.76. The molecule has 16 heavy (non-hydrogen) atoms. The van der Waals surface area contributed by atoms with Crippen molar-refractivity contribution in [1.29, 1.82) is 0 Å². The maximum Gasteiger partial charge on any atom is 0.0278 e. The Hall–Kier alpha value is -0.540. The average molecular weight is 236 g/mol. The van der Waals surface area contributed by atoms with E-state index in [0.717, 1.165) is 0 Å². The zero-order valence-corrected chi connectivity index (χ0v) is 11.1. The molecule has 1 aliphatic rings. The van der Waals surface area contributed by atoms with Crippen LogP contribution in [-0.4, -0.2) is 23.3 Å². The van der Waals surface area contributed by atoms with Gasteiger partial charge in [0, 0.05) is 28.6 Å². The van der Waals surface area contributed by atoms with E-state index in [2.05, 4.69) is 43.3 Å². The molecule has 1 saturated carbocycles. The van der Waals surface area contributed by atoms with Crippen molar-refractivity contribution in [2.45, 2.75) is 42.9 Å². The lowest BCUT2D eigenvalue weighted by Gasteiger charge is -2.30. The molecule has 0 aromatic carbocycles. The Bertz CT molecular complexity index is 337. The van der Waals surface area contributed by atoms with Crippen LogP contribution in [0.4, 0.5) is 0 Å². The Morgan fingerprint density at radius 1 is 1.38 bits per heavy atom. The molecule has 3 heteroatoms. The van der Waals surface area contributed by atoms with E-state index in [-0.39, 0.29) is 0 Å². The van der Waals surface area contributed by atoms with E-state index in [1.807, 2.05) is 24.2 Å². The summed E-state index contributed by atoms with van der Waals surface area (Å²) in [5.41, 5.74) is 0.416. The molecule has 0 radical (unpaired) electrons. The topological polar surface area (TPSA) is 24.9 Å². The van der Waals surface area contributed by atoms with Crippen LogP contribution >= 0.6 is 11.8 Å². The zero-order chi connectivity index (χ0) is 11.6. The highest BCUT2D eigenvalue weighted by atomic mass is 32.2. The van der Waals surface area contributed by atoms with Crippen LogP contribution in [0.3, 0.4) is 0 Å². The molecule has 88 valence electrons. The Kier molecular flexibility index (Phi) is 3.55. The van der Waals surface area contributed by atoms with Crippen LogP contribution in [-0.2, 0) is 0 Å². The van der Waals surface area contributed by atoms with Crippen LogP contribution < -0.4 is 5.32 Å². The van der Waals surface area contributed by atoms with E-state index in [0.29, 0.717) is 16.7 Å². The summed E-state index contributed by atoms with van der Waals surface area (Å²) >= 11 is 1.98. The molecular weight excluding hydrogens is 216 g/mol. The standard InChI is InChI=1S/C13H20N2S/c1-13(2)7-4-11(12(13)14-3)16-10-5-8-15-9-6-10/h5-6,8-9,11-12,14H,4,7H2,1-3H3. The Morgan fingerprint density at radius 3 is 2.69 bits per heavy atom. The fraction of sp³-hybridized carbons (Fsp3) is 0.615. The van der Waals surface area contributed by atoms with Crippen LogP contribution in [0.15, 0.2) is 29.4 Å². The number of nitrogens with zero attached hydrogens (tertiary/aromatic N) is 1. The normalized spacial score (nSPS) is 28.2. The number of aromatic nitrogens is 1. The maximum absolute atomic E-state index is 4.06. The third kappa shape index (κ3) is 2.41. The molecule has 1 aromatic heterocycles. The van der Waals surface area contributed by atoms with Gasteiger partial charge in [-0.25, -0.2) is 0 Å². The van der Waals surface area contributed by atoms with Crippen molar-refractivity contribution in [3.8, 4) is 0 Å². The quantitative estimate of drug-likeness (QED) is 0.873. The summed E-state index contributed by atoms with van der Waals surface area (Å²) in [6.07, 6.45) is 6.35. The summed E-state index contributed by atoms with van der Waals surface area (Å²) < 4.78 is 0. The lowest BCUT2D eigenvalue weighted by Crippen LogP contribution is -2.41. The Labute approximate surface area is 102 Å². The van der Waals surface area contributed by atoms with Crippen LogP contribution in [0.1, 0.15) is 26.7 Å². The SMILES string of the molecule is CNC1C(Sc2ccncc2)CCC1(C)C. The van der Waals surface area contributed by atoms with Gasteiger partial charge in [-0.05, 0) is 37.4 Å². The van der Waals surface area contributed by atoms with Gasteiger partial charge in [0.05, 0.1) is 0 Å². The molecule has 1 aliphatic carbocycles. The van der Waals surface area contributed by atoms with Gasteiger partial charge in [0.15, 0.2) is 0 Å². The first kappa shape index (κ1) is 11.9. The van der Waals surface area contributed by atoms with Gasteiger partial charge in [0.2, 0.25) is 0 Å². The molecule has 2 nitrogen and oxygen atoms in total. The third-order valence-corrected chi connectivity index (χ3v) is 4.89. The van der Waals surface area contributed by atoms with Gasteiger partial charge in [0.25, 0.3) is 0 Å². The second-order valence-corrected chi connectivity index (χ2v) is 6.45. The van der Waals surface area contributed by atoms with Crippen LogP contribution in [0.5, 0.6) is 0 Å². The molecule has 1 fully saturated rings. The Morgan fingerprint density at radius 2 is 2.06 bits per heavy atom. The fourth-order valence-electron chi connectivity index (χ4n) is 2.63. The minimum absolute atomic E-state index is 0.416. The lowest BCUT2D eigenvalue weighted by molar-refractivity contribution is 0.300. The highest BCUT2D eigenvalue weighted by molar-refractivity contribution is 8.00. The third-order valence-electron chi connectivity index (χ3n) is 3.54. The smallest absolute Gasteiger partial charge is 0.0278 e. The summed E-state index contributed by atoms with van der Waals surface area (Å²) in [4.78, 5) is 5.39. The van der Waals surface area contributed by atoms with Crippen molar-refractivity contribution in [1.82, 2.24) is 10.3 Å². The van der Waals surface area contributed by atoms with Crippen LogP contribution in [0, 0.1) is 5.41 Å². The van der Waals surface area contributed by atoms with Crippen molar-refractivity contribution >= 4 is 11.8 Å². The molecule has 2 atom stereocenters. The molecule has 0 saturated heterocycles. The van der Waals surface area contributed by atoms with Crippen molar-refractivity contribution in [2.24, 2.45) is 5.41 Å². The molecule has 1 heterocycles. The Balaban J connectivity index is 2.06. The summed E-state index contributed by atoms with van der Waals surface area (Å²) in [5.74, 6) is 0. The minimum atomic E-state index is 0.416. The molecule has 0 bridgehead atoms. The molecular formula is C13H20N2S. The van der Waals surface area contributed by atoms with Crippen LogP contribution in [0.2, 0.25) is 0 Å². The van der Waals surface area contributed by atoms with E-state index in [1.54, 1.807) is 0 Å². The first-order valence-corrected chi connectivity index (χ1v) is 6.75. The fourth-order valence-corrected chi connectivity index (χ4v) is 4.14. The van der Waals surface area contributed by atoms with Gasteiger partial charge in [-0.3, -0.25) is 4.98 Å². The summed E-state index contributed by atoms with van der Waals surface area (Å²) in [7, 11) is 2.08. The van der Waals surface area contributed by atoms with Gasteiger partial charge in [-0.2, -0.15) is 0 Å². The first-order chi connectivity index (χ1) is 7.63. The molecule has 0 amide bonds. The van der Waals surface area contributed by atoms with Crippen molar-refractivity contribution in [3.63, 3.8) is 0 Å². The van der Waals surface area contributed by atoms with E-state index in [1.165, 1.54) is 17.7 Å². The zero-order valence-electron chi connectivity index (χ0n) is 10.2. The predicted molar refractivity (Wildman–Crippen MR) is 69.7 cm³/mol. The maximum atomic E-state index is 4.06. The first-order valence-electron chi connectivity index (χ1n) is 5.87. The van der Waals surface area contributed by atoms with Crippen molar-refractivity contribution < 1.29 is 0 Å². The van der Waals surface area contributed by atoms with E-state index in [4.69, 9.17) is 0 Å². The molecule has 0 spiro atoms. The number of rotatable bonds is 3. The molecule has 1 aromatic rings. The molecule has 0 aliphatic heterocycles. The highest BCUT2D eigenvalue weighted by Gasteiger charge is 2.41. The summed E-state index contributed by atoms with van der Waals surface area (Å²) in [5, 5.41) is 4.17. The van der Waals surface area contributed by atoms with Gasteiger partial charge >= 0.3 is 0 Å². The van der Waals surface area contributed by atoms with Gasteiger partial charge in [0.1, 0.15) is 0 Å². The number of thioether (sulfide) groups is 1. The van der Waals surface area contributed by atoms with Crippen molar-refractivity contribution in [3.05, 3.63) is 24.5 Å². The molecule has 2 rings (SSSR count). The van der Waals surface area contributed by atoms with Gasteiger partial charge in [-0.1, -0.05) is 13.8 Å². The van der Waals surface area contributed by atoms with Gasteiger partial charge in [-0.15, -0.1) is 11.8 Å². The number of nitrogens with one attached hydrogen (secondary N) is 1. The summed E-state index contributed by atoms with van der Waals surface area (Å²) in [6.45, 7) is 4.72. The van der Waals surface area contributed by atoms with E-state index in [9.17, 15) is 0 Å². The average Bonchev–Trinajstić information content (AvgIpc) is 2.55. The molecule has 1 N–H and O–H groups in total. The van der Waals surface area contributed by atoms with E-state index >= 15 is 0 Å². The number of hydrogen-bond acceptors (Lipinski definition) is 3. The largest absolute Gasteiger partial charge is 0.315 e. The minimum Gasteiger partial charge on any atom is -0.315 e. The van der Waals surface area contributed by atoms with Crippen molar-refractivity contribution in [2.75, 3.05) is 7.05 Å². The number of hydrogen-bond donors (Lipinski definition) is 1. The monoisotopic (exact) mass is 236 g/mol.